The van der Waals surface area contributed by atoms with Crippen LogP contribution in [-0.4, -0.2) is 58.1 Å². The number of benzene rings is 2. The molecule has 0 aromatic heterocycles. The van der Waals surface area contributed by atoms with Gasteiger partial charge in [0.1, 0.15) is 12.7 Å². The molecular weight excluding hydrogens is 384 g/mol. The lowest BCUT2D eigenvalue weighted by molar-refractivity contribution is 0.0833. The third-order valence-corrected chi connectivity index (χ3v) is 4.72. The second-order valence-corrected chi connectivity index (χ2v) is 6.99. The molecule has 2 N–H and O–H groups in total. The van der Waals surface area contributed by atoms with E-state index in [4.69, 9.17) is 14.2 Å². The Balaban J connectivity index is 1.85. The van der Waals surface area contributed by atoms with Crippen LogP contribution >= 0.6 is 0 Å². The van der Waals surface area contributed by atoms with Crippen molar-refractivity contribution < 1.29 is 24.1 Å². The number of aliphatic hydroxyl groups excluding tert-OH is 1. The van der Waals surface area contributed by atoms with Gasteiger partial charge in [0.2, 0.25) is 5.75 Å². The monoisotopic (exact) mass is 416 g/mol. The molecule has 1 amide bonds. The normalized spacial score (nSPS) is 11.5. The fourth-order valence-electron chi connectivity index (χ4n) is 2.90. The van der Waals surface area contributed by atoms with Gasteiger partial charge in [-0.2, -0.15) is 0 Å². The Kier molecular flexibility index (Phi) is 9.28. The van der Waals surface area contributed by atoms with Crippen LogP contribution in [0.25, 0.3) is 0 Å². The van der Waals surface area contributed by atoms with Gasteiger partial charge in [0.25, 0.3) is 5.91 Å². The molecule has 0 radical (unpaired) electrons. The zero-order valence-electron chi connectivity index (χ0n) is 18.2. The zero-order valence-corrected chi connectivity index (χ0v) is 18.2. The highest BCUT2D eigenvalue weighted by Gasteiger charge is 2.15. The summed E-state index contributed by atoms with van der Waals surface area (Å²) in [7, 11) is 5.11. The van der Waals surface area contributed by atoms with Crippen LogP contribution in [0.15, 0.2) is 42.5 Å². The largest absolute Gasteiger partial charge is 0.493 e. The van der Waals surface area contributed by atoms with Crippen molar-refractivity contribution in [3.05, 3.63) is 48.0 Å². The first-order chi connectivity index (χ1) is 14.5. The number of amides is 1. The zero-order chi connectivity index (χ0) is 21.9. The molecule has 2 aromatic rings. The maximum Gasteiger partial charge on any atom is 0.251 e. The van der Waals surface area contributed by atoms with E-state index in [1.54, 1.807) is 30.3 Å². The van der Waals surface area contributed by atoms with Crippen molar-refractivity contribution in [2.24, 2.45) is 0 Å². The third-order valence-electron chi connectivity index (χ3n) is 4.72. The molecule has 30 heavy (non-hydrogen) atoms. The molecule has 164 valence electrons. The van der Waals surface area contributed by atoms with E-state index in [9.17, 15) is 9.90 Å². The second kappa shape index (κ2) is 11.9. The number of carbonyl (C=O) groups is 1. The quantitative estimate of drug-likeness (QED) is 0.553. The van der Waals surface area contributed by atoms with Gasteiger partial charge in [-0.05, 0) is 42.8 Å². The Morgan fingerprint density at radius 3 is 2.30 bits per heavy atom. The molecule has 7 heteroatoms. The minimum Gasteiger partial charge on any atom is -0.493 e. The molecule has 7 nitrogen and oxygen atoms in total. The molecule has 1 unspecified atom stereocenters. The molecule has 0 saturated carbocycles. The number of carbonyl (C=O) groups excluding carboxylic acids is 1. The lowest BCUT2D eigenvalue weighted by Gasteiger charge is -2.19. The van der Waals surface area contributed by atoms with Gasteiger partial charge in [-0.25, -0.2) is 0 Å². The molecule has 1 atom stereocenters. The van der Waals surface area contributed by atoms with Crippen LogP contribution < -0.4 is 24.4 Å². The molecule has 0 aliphatic heterocycles. The molecule has 0 spiro atoms. The molecule has 0 aliphatic carbocycles. The number of hydrogen-bond donors (Lipinski definition) is 2. The van der Waals surface area contributed by atoms with Crippen molar-refractivity contribution in [1.82, 2.24) is 5.32 Å². The summed E-state index contributed by atoms with van der Waals surface area (Å²) in [6.45, 7) is 3.19. The molecule has 2 aromatic carbocycles. The number of nitrogens with one attached hydrogen (secondary N) is 1. The highest BCUT2D eigenvalue weighted by molar-refractivity contribution is 5.94. The number of anilines is 1. The van der Waals surface area contributed by atoms with E-state index in [1.807, 2.05) is 19.2 Å². The molecular formula is C23H32N2O5. The third kappa shape index (κ3) is 6.56. The van der Waals surface area contributed by atoms with Crippen LogP contribution in [0.4, 0.5) is 5.69 Å². The van der Waals surface area contributed by atoms with E-state index in [0.717, 1.165) is 25.1 Å². The van der Waals surface area contributed by atoms with Crippen molar-refractivity contribution >= 4 is 11.6 Å². The maximum atomic E-state index is 12.4. The molecule has 0 aliphatic rings. The predicted octanol–water partition coefficient (Wildman–Crippen LogP) is 3.11. The van der Waals surface area contributed by atoms with Gasteiger partial charge in [-0.3, -0.25) is 4.79 Å². The smallest absolute Gasteiger partial charge is 0.251 e. The van der Waals surface area contributed by atoms with Crippen LogP contribution in [-0.2, 0) is 0 Å². The van der Waals surface area contributed by atoms with Gasteiger partial charge in [0, 0.05) is 31.4 Å². The van der Waals surface area contributed by atoms with Crippen molar-refractivity contribution in [3.63, 3.8) is 0 Å². The molecule has 2 rings (SSSR count). The number of aliphatic hydroxyl groups is 1. The first-order valence-corrected chi connectivity index (χ1v) is 10.1. The van der Waals surface area contributed by atoms with E-state index < -0.39 is 6.10 Å². The van der Waals surface area contributed by atoms with Gasteiger partial charge < -0.3 is 29.5 Å². The number of hydrogen-bond acceptors (Lipinski definition) is 6. The summed E-state index contributed by atoms with van der Waals surface area (Å²) >= 11 is 0. The number of ether oxygens (including phenoxy) is 3. The van der Waals surface area contributed by atoms with Crippen LogP contribution in [0.2, 0.25) is 0 Å². The van der Waals surface area contributed by atoms with Crippen LogP contribution in [0.5, 0.6) is 17.2 Å². The van der Waals surface area contributed by atoms with Crippen molar-refractivity contribution in [1.29, 1.82) is 0 Å². The van der Waals surface area contributed by atoms with Crippen molar-refractivity contribution in [2.45, 2.75) is 25.9 Å². The van der Waals surface area contributed by atoms with Gasteiger partial charge in [-0.15, -0.1) is 0 Å². The van der Waals surface area contributed by atoms with Gasteiger partial charge >= 0.3 is 0 Å². The lowest BCUT2D eigenvalue weighted by atomic mass is 10.1. The van der Waals surface area contributed by atoms with Gasteiger partial charge in [0.05, 0.1) is 14.2 Å². The fraction of sp³-hybridized carbons (Fsp3) is 0.435. The maximum absolute atomic E-state index is 12.4. The van der Waals surface area contributed by atoms with Crippen molar-refractivity contribution in [2.75, 3.05) is 45.9 Å². The van der Waals surface area contributed by atoms with Crippen LogP contribution in [0.1, 0.15) is 30.1 Å². The number of para-hydroxylation sites is 1. The summed E-state index contributed by atoms with van der Waals surface area (Å²) in [4.78, 5) is 14.5. The van der Waals surface area contributed by atoms with Crippen molar-refractivity contribution in [3.8, 4) is 17.2 Å². The van der Waals surface area contributed by atoms with E-state index in [2.05, 4.69) is 17.1 Å². The highest BCUT2D eigenvalue weighted by atomic mass is 16.5. The summed E-state index contributed by atoms with van der Waals surface area (Å²) < 4.78 is 16.2. The molecule has 0 bridgehead atoms. The summed E-state index contributed by atoms with van der Waals surface area (Å²) in [5, 5.41) is 12.9. The Morgan fingerprint density at radius 1 is 1.10 bits per heavy atom. The minimum absolute atomic E-state index is 0.0157. The van der Waals surface area contributed by atoms with E-state index in [0.29, 0.717) is 22.8 Å². The molecule has 0 fully saturated rings. The first kappa shape index (κ1) is 23.3. The standard InChI is InChI=1S/C23H32N2O5/c1-5-6-14-25(2)18-12-10-17(11-13-18)23(27)24-15-19(26)16-30-22-20(28-3)8-7-9-21(22)29-4/h7-13,19,26H,5-6,14-16H2,1-4H3,(H,24,27). The van der Waals surface area contributed by atoms with Crippen LogP contribution in [0.3, 0.4) is 0 Å². The van der Waals surface area contributed by atoms with Gasteiger partial charge in [-0.1, -0.05) is 19.4 Å². The van der Waals surface area contributed by atoms with E-state index in [1.165, 1.54) is 14.2 Å². The Labute approximate surface area is 178 Å². The Bertz CT molecular complexity index is 772. The fourth-order valence-corrected chi connectivity index (χ4v) is 2.90. The number of methoxy groups -OCH3 is 2. The molecule has 0 saturated heterocycles. The number of unbranched alkanes of at least 4 members (excludes halogenated alkanes) is 1. The second-order valence-electron chi connectivity index (χ2n) is 6.99. The van der Waals surface area contributed by atoms with Crippen LogP contribution in [0, 0.1) is 0 Å². The van der Waals surface area contributed by atoms with E-state index >= 15 is 0 Å². The minimum atomic E-state index is -0.886. The number of nitrogens with zero attached hydrogens (tertiary/aromatic N) is 1. The average Bonchev–Trinajstić information content (AvgIpc) is 2.79. The first-order valence-electron chi connectivity index (χ1n) is 10.1. The topological polar surface area (TPSA) is 80.3 Å². The number of rotatable bonds is 12. The Hall–Kier alpha value is -2.93. The summed E-state index contributed by atoms with van der Waals surface area (Å²) in [5.41, 5.74) is 1.61. The highest BCUT2D eigenvalue weighted by Crippen LogP contribution is 2.36. The summed E-state index contributed by atoms with van der Waals surface area (Å²) in [6.07, 6.45) is 1.38. The van der Waals surface area contributed by atoms with E-state index in [-0.39, 0.29) is 19.1 Å². The molecule has 0 heterocycles. The van der Waals surface area contributed by atoms with Gasteiger partial charge in [0.15, 0.2) is 11.5 Å². The predicted molar refractivity (Wildman–Crippen MR) is 118 cm³/mol. The summed E-state index contributed by atoms with van der Waals surface area (Å²) in [6, 6.07) is 12.7. The Morgan fingerprint density at radius 2 is 1.73 bits per heavy atom. The SMILES string of the molecule is CCCCN(C)c1ccc(C(=O)NCC(O)COc2c(OC)cccc2OC)cc1. The lowest BCUT2D eigenvalue weighted by Crippen LogP contribution is -2.35. The summed E-state index contributed by atoms with van der Waals surface area (Å²) in [5.74, 6) is 1.19. The average molecular weight is 417 g/mol.